The molecule has 1 amide bonds. The van der Waals surface area contributed by atoms with Crippen LogP contribution in [0.1, 0.15) is 6.92 Å². The Morgan fingerprint density at radius 3 is 1.91 bits per heavy atom. The average molecular weight is 185 g/mol. The summed E-state index contributed by atoms with van der Waals surface area (Å²) >= 11 is 0. The van der Waals surface area contributed by atoms with Gasteiger partial charge in [-0.3, -0.25) is 4.79 Å². The first-order valence-corrected chi connectivity index (χ1v) is 3.65. The van der Waals surface area contributed by atoms with Crippen LogP contribution >= 0.6 is 0 Å². The molecule has 0 atom stereocenters. The Morgan fingerprint density at radius 2 is 1.82 bits per heavy atom. The molecule has 0 aromatic carbocycles. The van der Waals surface area contributed by atoms with Gasteiger partial charge < -0.3 is 11.2 Å². The summed E-state index contributed by atoms with van der Waals surface area (Å²) in [7, 11) is -3.93. The monoisotopic (exact) mass is 185 g/mol. The number of hydrogen-bond acceptors (Lipinski definition) is 5. The lowest BCUT2D eigenvalue weighted by atomic mass is 10.3. The van der Waals surface area contributed by atoms with E-state index < -0.39 is 22.1 Å². The standard InChI is InChI=1S/C3H5NO5S.H2O/c1-3(2(4)5)8-10(6,7)9-3;/h1H3,(H2,4,5);1H2. The Kier molecular flexibility index (Phi) is 2.26. The lowest BCUT2D eigenvalue weighted by Gasteiger charge is -2.32. The highest BCUT2D eigenvalue weighted by Crippen LogP contribution is 2.29. The van der Waals surface area contributed by atoms with Gasteiger partial charge >= 0.3 is 10.4 Å². The van der Waals surface area contributed by atoms with Gasteiger partial charge in [0.25, 0.3) is 11.7 Å². The van der Waals surface area contributed by atoms with E-state index in [1.165, 1.54) is 0 Å². The van der Waals surface area contributed by atoms with Gasteiger partial charge in [-0.2, -0.15) is 8.42 Å². The van der Waals surface area contributed by atoms with Crippen LogP contribution in [0.25, 0.3) is 0 Å². The van der Waals surface area contributed by atoms with Gasteiger partial charge in [-0.1, -0.05) is 0 Å². The van der Waals surface area contributed by atoms with E-state index >= 15 is 0 Å². The molecule has 0 aliphatic carbocycles. The first-order valence-electron chi connectivity index (χ1n) is 2.32. The number of carbonyl (C=O) groups is 1. The summed E-state index contributed by atoms with van der Waals surface area (Å²) in [6.45, 7) is 1.12. The molecule has 1 rings (SSSR count). The van der Waals surface area contributed by atoms with Crippen LogP contribution in [-0.2, 0) is 23.6 Å². The third-order valence-electron chi connectivity index (χ3n) is 0.970. The maximum atomic E-state index is 10.3. The van der Waals surface area contributed by atoms with Crippen molar-refractivity contribution in [2.75, 3.05) is 0 Å². The Balaban J connectivity index is 0.000001000. The summed E-state index contributed by atoms with van der Waals surface area (Å²) in [5.41, 5.74) is 4.70. The van der Waals surface area contributed by atoms with Crippen molar-refractivity contribution < 1.29 is 27.1 Å². The molecule has 0 radical (unpaired) electrons. The van der Waals surface area contributed by atoms with Crippen LogP contribution < -0.4 is 5.73 Å². The van der Waals surface area contributed by atoms with Gasteiger partial charge in [-0.25, -0.2) is 8.37 Å². The van der Waals surface area contributed by atoms with Gasteiger partial charge in [-0.05, 0) is 0 Å². The van der Waals surface area contributed by atoms with Crippen molar-refractivity contribution in [2.45, 2.75) is 12.7 Å². The summed E-state index contributed by atoms with van der Waals surface area (Å²) in [5.74, 6) is -2.76. The summed E-state index contributed by atoms with van der Waals surface area (Å²) in [5, 5.41) is 0. The third kappa shape index (κ3) is 1.66. The smallest absolute Gasteiger partial charge is 0.406 e. The van der Waals surface area contributed by atoms with Crippen molar-refractivity contribution in [1.29, 1.82) is 0 Å². The predicted octanol–water partition coefficient (Wildman–Crippen LogP) is -2.35. The van der Waals surface area contributed by atoms with E-state index in [2.05, 4.69) is 8.37 Å². The number of nitrogens with two attached hydrogens (primary N) is 1. The van der Waals surface area contributed by atoms with Crippen LogP contribution in [0.5, 0.6) is 0 Å². The third-order valence-corrected chi connectivity index (χ3v) is 2.01. The fraction of sp³-hybridized carbons (Fsp3) is 0.667. The predicted molar refractivity (Wildman–Crippen MR) is 32.3 cm³/mol. The molecule has 7 nitrogen and oxygen atoms in total. The molecule has 0 aromatic rings. The lowest BCUT2D eigenvalue weighted by molar-refractivity contribution is -0.187. The normalized spacial score (nSPS) is 24.5. The number of hydrogen-bond donors (Lipinski definition) is 1. The van der Waals surface area contributed by atoms with Crippen LogP contribution in [-0.4, -0.2) is 25.6 Å². The van der Waals surface area contributed by atoms with Crippen LogP contribution in [0, 0.1) is 0 Å². The molecule has 1 fully saturated rings. The zero-order valence-electron chi connectivity index (χ0n) is 5.53. The maximum absolute atomic E-state index is 10.3. The first kappa shape index (κ1) is 10.3. The number of carbonyl (C=O) groups excluding carboxylic acids is 1. The molecule has 0 saturated carbocycles. The molecule has 1 aliphatic rings. The molecular formula is C3H7NO6S. The van der Waals surface area contributed by atoms with Crippen molar-refractivity contribution in [1.82, 2.24) is 0 Å². The second-order valence-electron chi connectivity index (χ2n) is 1.88. The van der Waals surface area contributed by atoms with Crippen molar-refractivity contribution >= 4 is 16.3 Å². The van der Waals surface area contributed by atoms with Crippen LogP contribution in [0.2, 0.25) is 0 Å². The maximum Gasteiger partial charge on any atom is 0.406 e. The van der Waals surface area contributed by atoms with E-state index in [0.717, 1.165) is 6.92 Å². The number of amides is 1. The van der Waals surface area contributed by atoms with Gasteiger partial charge in [0, 0.05) is 6.92 Å². The number of primary amides is 1. The molecule has 1 saturated heterocycles. The van der Waals surface area contributed by atoms with Gasteiger partial charge in [0.05, 0.1) is 0 Å². The molecule has 0 aromatic heterocycles. The van der Waals surface area contributed by atoms with E-state index in [9.17, 15) is 13.2 Å². The van der Waals surface area contributed by atoms with Crippen molar-refractivity contribution in [3.63, 3.8) is 0 Å². The van der Waals surface area contributed by atoms with Crippen LogP contribution in [0.15, 0.2) is 0 Å². The molecule has 0 bridgehead atoms. The van der Waals surface area contributed by atoms with E-state index in [-0.39, 0.29) is 5.48 Å². The fourth-order valence-corrected chi connectivity index (χ4v) is 1.43. The Labute approximate surface area is 62.7 Å². The molecular weight excluding hydrogens is 178 g/mol. The highest BCUT2D eigenvalue weighted by Gasteiger charge is 2.53. The van der Waals surface area contributed by atoms with E-state index in [1.807, 2.05) is 0 Å². The zero-order chi connectivity index (χ0) is 7.99. The molecule has 1 aliphatic heterocycles. The van der Waals surface area contributed by atoms with E-state index in [1.54, 1.807) is 0 Å². The van der Waals surface area contributed by atoms with Crippen molar-refractivity contribution in [3.8, 4) is 0 Å². The second kappa shape index (κ2) is 2.41. The van der Waals surface area contributed by atoms with Gasteiger partial charge in [0.1, 0.15) is 0 Å². The molecule has 8 heteroatoms. The van der Waals surface area contributed by atoms with Crippen molar-refractivity contribution in [2.24, 2.45) is 5.73 Å². The summed E-state index contributed by atoms with van der Waals surface area (Å²) < 4.78 is 28.4. The largest absolute Gasteiger partial charge is 0.412 e. The van der Waals surface area contributed by atoms with Gasteiger partial charge in [0.15, 0.2) is 0 Å². The highest BCUT2D eigenvalue weighted by atomic mass is 32.3. The van der Waals surface area contributed by atoms with Crippen LogP contribution in [0.3, 0.4) is 0 Å². The number of rotatable bonds is 1. The summed E-state index contributed by atoms with van der Waals surface area (Å²) in [6, 6.07) is 0. The first-order chi connectivity index (χ1) is 4.36. The minimum atomic E-state index is -3.93. The summed E-state index contributed by atoms with van der Waals surface area (Å²) in [6.07, 6.45) is 0. The molecule has 0 spiro atoms. The molecule has 1 heterocycles. The van der Waals surface area contributed by atoms with Gasteiger partial charge in [-0.15, -0.1) is 0 Å². The Bertz CT molecular complexity index is 256. The zero-order valence-corrected chi connectivity index (χ0v) is 6.34. The molecule has 11 heavy (non-hydrogen) atoms. The minimum Gasteiger partial charge on any atom is -0.412 e. The van der Waals surface area contributed by atoms with Crippen molar-refractivity contribution in [3.05, 3.63) is 0 Å². The van der Waals surface area contributed by atoms with E-state index in [4.69, 9.17) is 5.73 Å². The summed E-state index contributed by atoms with van der Waals surface area (Å²) in [4.78, 5) is 10.3. The van der Waals surface area contributed by atoms with Gasteiger partial charge in [0.2, 0.25) is 0 Å². The topological polar surface area (TPSA) is 127 Å². The van der Waals surface area contributed by atoms with E-state index in [0.29, 0.717) is 0 Å². The minimum absolute atomic E-state index is 0. The molecule has 66 valence electrons. The molecule has 4 N–H and O–H groups in total. The lowest BCUT2D eigenvalue weighted by Crippen LogP contribution is -2.56. The Hall–Kier alpha value is -0.700. The SMILES string of the molecule is CC1(C(N)=O)OS(=O)(=O)O1.O. The highest BCUT2D eigenvalue weighted by molar-refractivity contribution is 7.83. The Morgan fingerprint density at radius 1 is 1.45 bits per heavy atom. The quantitative estimate of drug-likeness (QED) is 0.489. The van der Waals surface area contributed by atoms with Crippen LogP contribution in [0.4, 0.5) is 0 Å². The fourth-order valence-electron chi connectivity index (χ4n) is 0.478. The average Bonchev–Trinajstić information content (AvgIpc) is 1.59. The molecule has 0 unspecified atom stereocenters. The second-order valence-corrected chi connectivity index (χ2v) is 3.03.